The largest absolute Gasteiger partial charge is 0.455 e. The van der Waals surface area contributed by atoms with E-state index in [1.165, 1.54) is 0 Å². The minimum absolute atomic E-state index is 0.670. The lowest BCUT2D eigenvalue weighted by molar-refractivity contribution is 0.668. The van der Waals surface area contributed by atoms with E-state index in [1.54, 1.807) is 0 Å². The lowest BCUT2D eigenvalue weighted by Crippen LogP contribution is -1.75. The molecule has 0 bridgehead atoms. The van der Waals surface area contributed by atoms with Gasteiger partial charge in [0.1, 0.15) is 5.58 Å². The second kappa shape index (κ2) is 4.27. The first-order valence-electron chi connectivity index (χ1n) is 5.35. The number of alkyl halides is 1. The number of rotatable bonds is 0. The van der Waals surface area contributed by atoms with Crippen molar-refractivity contribution in [3.63, 3.8) is 0 Å². The van der Waals surface area contributed by atoms with E-state index < -0.39 is 0 Å². The number of hydrogen-bond donors (Lipinski definition) is 0. The summed E-state index contributed by atoms with van der Waals surface area (Å²) >= 11 is 3.30. The fourth-order valence-corrected chi connectivity index (χ4v) is 2.11. The van der Waals surface area contributed by atoms with Crippen molar-refractivity contribution >= 4 is 37.9 Å². The second-order valence-corrected chi connectivity index (χ2v) is 4.28. The van der Waals surface area contributed by atoms with Crippen LogP contribution in [0, 0.1) is 11.8 Å². The van der Waals surface area contributed by atoms with Crippen LogP contribution in [-0.4, -0.2) is 5.33 Å². The Morgan fingerprint density at radius 3 is 2.71 bits per heavy atom. The molecule has 82 valence electrons. The SMILES string of the molecule is BrCC#Cc1cccc2c1oc1ccccc12. The Kier molecular flexibility index (Phi) is 2.62. The molecule has 0 amide bonds. The van der Waals surface area contributed by atoms with Crippen LogP contribution in [0.15, 0.2) is 46.9 Å². The normalized spacial score (nSPS) is 10.4. The fourth-order valence-electron chi connectivity index (χ4n) is 1.97. The molecule has 0 spiro atoms. The zero-order chi connectivity index (χ0) is 11.7. The summed E-state index contributed by atoms with van der Waals surface area (Å²) in [6.45, 7) is 0. The molecule has 0 aliphatic heterocycles. The van der Waals surface area contributed by atoms with Gasteiger partial charge in [0.05, 0.1) is 10.9 Å². The molecule has 0 unspecified atom stereocenters. The summed E-state index contributed by atoms with van der Waals surface area (Å²) in [5, 5.41) is 2.94. The van der Waals surface area contributed by atoms with Gasteiger partial charge in [-0.25, -0.2) is 0 Å². The number of fused-ring (bicyclic) bond motifs is 3. The Labute approximate surface area is 108 Å². The van der Waals surface area contributed by atoms with Crippen molar-refractivity contribution in [3.8, 4) is 11.8 Å². The molecule has 0 N–H and O–H groups in total. The summed E-state index contributed by atoms with van der Waals surface area (Å²) in [5.41, 5.74) is 2.73. The van der Waals surface area contributed by atoms with Crippen molar-refractivity contribution in [2.24, 2.45) is 0 Å². The van der Waals surface area contributed by atoms with Crippen molar-refractivity contribution in [1.29, 1.82) is 0 Å². The van der Waals surface area contributed by atoms with Gasteiger partial charge in [0.15, 0.2) is 5.58 Å². The molecule has 0 fully saturated rings. The summed E-state index contributed by atoms with van der Waals surface area (Å²) < 4.78 is 5.86. The number of hydrogen-bond acceptors (Lipinski definition) is 1. The van der Waals surface area contributed by atoms with Crippen LogP contribution in [-0.2, 0) is 0 Å². The zero-order valence-electron chi connectivity index (χ0n) is 9.03. The monoisotopic (exact) mass is 284 g/mol. The molecule has 1 aromatic heterocycles. The summed E-state index contributed by atoms with van der Waals surface area (Å²) in [5.74, 6) is 6.12. The molecule has 2 heteroatoms. The van der Waals surface area contributed by atoms with Crippen LogP contribution in [0.4, 0.5) is 0 Å². The van der Waals surface area contributed by atoms with E-state index in [4.69, 9.17) is 4.42 Å². The van der Waals surface area contributed by atoms with Crippen molar-refractivity contribution in [3.05, 3.63) is 48.0 Å². The summed E-state index contributed by atoms with van der Waals surface area (Å²) in [4.78, 5) is 0. The number of halogens is 1. The van der Waals surface area contributed by atoms with Gasteiger partial charge in [-0.3, -0.25) is 0 Å². The molecule has 3 aromatic rings. The molecule has 3 rings (SSSR count). The quantitative estimate of drug-likeness (QED) is 0.442. The maximum Gasteiger partial charge on any atom is 0.151 e. The molecule has 0 saturated carbocycles. The van der Waals surface area contributed by atoms with E-state index >= 15 is 0 Å². The lowest BCUT2D eigenvalue weighted by Gasteiger charge is -1.91. The minimum Gasteiger partial charge on any atom is -0.455 e. The highest BCUT2D eigenvalue weighted by Gasteiger charge is 2.08. The maximum atomic E-state index is 5.86. The first-order chi connectivity index (χ1) is 8.40. The van der Waals surface area contributed by atoms with Gasteiger partial charge in [-0.1, -0.05) is 58.1 Å². The number of benzene rings is 2. The van der Waals surface area contributed by atoms with Gasteiger partial charge < -0.3 is 4.42 Å². The minimum atomic E-state index is 0.670. The van der Waals surface area contributed by atoms with Gasteiger partial charge in [0.2, 0.25) is 0 Å². The molecule has 0 aliphatic carbocycles. The predicted octanol–water partition coefficient (Wildman–Crippen LogP) is 4.33. The van der Waals surface area contributed by atoms with E-state index in [2.05, 4.69) is 39.9 Å². The molecular formula is C15H9BrO. The van der Waals surface area contributed by atoms with Crippen molar-refractivity contribution in [2.75, 3.05) is 5.33 Å². The van der Waals surface area contributed by atoms with Crippen LogP contribution < -0.4 is 0 Å². The predicted molar refractivity (Wildman–Crippen MR) is 74.4 cm³/mol. The van der Waals surface area contributed by atoms with Crippen molar-refractivity contribution < 1.29 is 4.42 Å². The Balaban J connectivity index is 2.39. The van der Waals surface area contributed by atoms with E-state index in [0.717, 1.165) is 27.5 Å². The average molecular weight is 285 g/mol. The molecule has 1 nitrogen and oxygen atoms in total. The third-order valence-corrected chi connectivity index (χ3v) is 2.97. The van der Waals surface area contributed by atoms with Crippen LogP contribution in [0.2, 0.25) is 0 Å². The molecule has 0 aliphatic rings. The highest BCUT2D eigenvalue weighted by Crippen LogP contribution is 2.30. The van der Waals surface area contributed by atoms with Gasteiger partial charge in [-0.2, -0.15) is 0 Å². The third-order valence-electron chi connectivity index (χ3n) is 2.69. The molecule has 0 saturated heterocycles. The fraction of sp³-hybridized carbons (Fsp3) is 0.0667. The van der Waals surface area contributed by atoms with Crippen LogP contribution in [0.3, 0.4) is 0 Å². The van der Waals surface area contributed by atoms with E-state index in [-0.39, 0.29) is 0 Å². The second-order valence-electron chi connectivity index (χ2n) is 3.72. The van der Waals surface area contributed by atoms with E-state index in [0.29, 0.717) is 5.33 Å². The van der Waals surface area contributed by atoms with Gasteiger partial charge in [-0.05, 0) is 12.1 Å². The van der Waals surface area contributed by atoms with Crippen LogP contribution >= 0.6 is 15.9 Å². The summed E-state index contributed by atoms with van der Waals surface area (Å²) in [6, 6.07) is 14.1. The molecule has 0 radical (unpaired) electrons. The smallest absolute Gasteiger partial charge is 0.151 e. The van der Waals surface area contributed by atoms with Crippen LogP contribution in [0.1, 0.15) is 5.56 Å². The summed E-state index contributed by atoms with van der Waals surface area (Å²) in [7, 11) is 0. The first-order valence-corrected chi connectivity index (χ1v) is 6.47. The van der Waals surface area contributed by atoms with Crippen LogP contribution in [0.5, 0.6) is 0 Å². The molecule has 2 aromatic carbocycles. The summed E-state index contributed by atoms with van der Waals surface area (Å²) in [6.07, 6.45) is 0. The molecule has 17 heavy (non-hydrogen) atoms. The standard InChI is InChI=1S/C15H9BrO/c16-10-4-6-11-5-3-8-13-12-7-1-2-9-14(12)17-15(11)13/h1-3,5,7-9H,10H2. The Morgan fingerprint density at radius 2 is 1.82 bits per heavy atom. The van der Waals surface area contributed by atoms with Crippen LogP contribution in [0.25, 0.3) is 21.9 Å². The van der Waals surface area contributed by atoms with Gasteiger partial charge >= 0.3 is 0 Å². The number of furan rings is 1. The topological polar surface area (TPSA) is 13.1 Å². The highest BCUT2D eigenvalue weighted by atomic mass is 79.9. The average Bonchev–Trinajstić information content (AvgIpc) is 2.75. The van der Waals surface area contributed by atoms with E-state index in [9.17, 15) is 0 Å². The molecule has 0 atom stereocenters. The highest BCUT2D eigenvalue weighted by molar-refractivity contribution is 9.09. The molecule has 1 heterocycles. The van der Waals surface area contributed by atoms with E-state index in [1.807, 2.05) is 30.3 Å². The zero-order valence-corrected chi connectivity index (χ0v) is 10.6. The Bertz CT molecular complexity index is 744. The Hall–Kier alpha value is -1.72. The molecular weight excluding hydrogens is 276 g/mol. The van der Waals surface area contributed by atoms with Gasteiger partial charge in [0, 0.05) is 10.8 Å². The van der Waals surface area contributed by atoms with Crippen molar-refractivity contribution in [1.82, 2.24) is 0 Å². The third kappa shape index (κ3) is 1.73. The maximum absolute atomic E-state index is 5.86. The Morgan fingerprint density at radius 1 is 1.00 bits per heavy atom. The van der Waals surface area contributed by atoms with Gasteiger partial charge in [-0.15, -0.1) is 0 Å². The lowest BCUT2D eigenvalue weighted by atomic mass is 10.1. The van der Waals surface area contributed by atoms with Gasteiger partial charge in [0.25, 0.3) is 0 Å². The number of para-hydroxylation sites is 2. The first kappa shape index (κ1) is 10.4. The van der Waals surface area contributed by atoms with Crippen molar-refractivity contribution in [2.45, 2.75) is 0 Å².